The largest absolute Gasteiger partial charge is 0.490 e. The van der Waals surface area contributed by atoms with Gasteiger partial charge in [0.1, 0.15) is 30.0 Å². The van der Waals surface area contributed by atoms with Gasteiger partial charge in [0, 0.05) is 43.3 Å². The van der Waals surface area contributed by atoms with Crippen LogP contribution in [0.4, 0.5) is 5.82 Å². The minimum atomic E-state index is -0.0903. The molecule has 0 saturated carbocycles. The number of rotatable bonds is 9. The minimum absolute atomic E-state index is 0.0543. The van der Waals surface area contributed by atoms with E-state index in [1.54, 1.807) is 10.7 Å². The van der Waals surface area contributed by atoms with Crippen molar-refractivity contribution in [2.75, 3.05) is 31.2 Å². The van der Waals surface area contributed by atoms with Gasteiger partial charge in [0.25, 0.3) is 0 Å². The third-order valence-corrected chi connectivity index (χ3v) is 6.68. The molecule has 0 spiro atoms. The summed E-state index contributed by atoms with van der Waals surface area (Å²) in [5, 5.41) is 22.9. The first kappa shape index (κ1) is 24.7. The number of nitriles is 1. The molecule has 4 heterocycles. The van der Waals surface area contributed by atoms with Gasteiger partial charge < -0.3 is 14.7 Å². The number of fused-ring (bicyclic) bond motifs is 1. The molecule has 35 heavy (non-hydrogen) atoms. The second-order valence-electron chi connectivity index (χ2n) is 10.1. The molecule has 184 valence electrons. The van der Waals surface area contributed by atoms with Crippen LogP contribution in [0.1, 0.15) is 52.0 Å². The number of piperidine rings is 1. The fraction of sp³-hybridized carbons (Fsp3) is 0.481. The van der Waals surface area contributed by atoms with Gasteiger partial charge in [-0.2, -0.15) is 10.4 Å². The molecule has 3 aromatic rings. The number of anilines is 1. The van der Waals surface area contributed by atoms with Crippen molar-refractivity contribution in [2.24, 2.45) is 11.3 Å². The van der Waals surface area contributed by atoms with E-state index in [9.17, 15) is 10.1 Å². The second-order valence-corrected chi connectivity index (χ2v) is 10.1. The van der Waals surface area contributed by atoms with Gasteiger partial charge in [0.2, 0.25) is 0 Å². The van der Waals surface area contributed by atoms with E-state index in [4.69, 9.17) is 14.8 Å². The van der Waals surface area contributed by atoms with Crippen molar-refractivity contribution in [1.82, 2.24) is 14.6 Å². The zero-order valence-corrected chi connectivity index (χ0v) is 20.7. The highest BCUT2D eigenvalue weighted by molar-refractivity contribution is 5.85. The van der Waals surface area contributed by atoms with Gasteiger partial charge in [-0.1, -0.05) is 20.8 Å². The maximum Gasteiger partial charge on any atom is 0.138 e. The molecule has 8 nitrogen and oxygen atoms in total. The third-order valence-electron chi connectivity index (χ3n) is 6.68. The Labute approximate surface area is 206 Å². The summed E-state index contributed by atoms with van der Waals surface area (Å²) < 4.78 is 7.23. The Kier molecular flexibility index (Phi) is 7.37. The van der Waals surface area contributed by atoms with E-state index in [0.717, 1.165) is 42.9 Å². The zero-order valence-electron chi connectivity index (χ0n) is 20.7. The third kappa shape index (κ3) is 5.63. The van der Waals surface area contributed by atoms with Crippen LogP contribution in [-0.4, -0.2) is 51.8 Å². The van der Waals surface area contributed by atoms with E-state index in [-0.39, 0.29) is 18.6 Å². The molecule has 0 aromatic carbocycles. The maximum absolute atomic E-state index is 12.4. The molecule has 1 N–H and O–H groups in total. The fourth-order valence-corrected chi connectivity index (χ4v) is 4.83. The number of nitrogens with zero attached hydrogens (tertiary/aromatic N) is 5. The quantitative estimate of drug-likeness (QED) is 0.493. The lowest BCUT2D eigenvalue weighted by molar-refractivity contribution is -0.122. The normalized spacial score (nSPS) is 15.4. The van der Waals surface area contributed by atoms with E-state index in [0.29, 0.717) is 41.4 Å². The SMILES string of the molecule is CC(C)CC(=O)CC1(C)CCN(c2ccc(-c3cc(OCCO)cn4ncc(C#N)c34)cn2)CC1. The number of carbonyl (C=O) groups excluding carboxylic acids is 1. The molecule has 1 saturated heterocycles. The average molecular weight is 476 g/mol. The lowest BCUT2D eigenvalue weighted by atomic mass is 9.75. The van der Waals surface area contributed by atoms with Gasteiger partial charge in [-0.3, -0.25) is 4.79 Å². The van der Waals surface area contributed by atoms with Gasteiger partial charge >= 0.3 is 0 Å². The molecule has 0 atom stereocenters. The Bertz CT molecular complexity index is 1220. The Hall–Kier alpha value is -3.44. The standard InChI is InChI=1S/C27H33N5O3/c1-19(2)12-22(34)14-27(3)6-8-31(9-7-27)25-5-4-20(16-29-25)24-13-23(35-11-10-33)18-32-26(24)21(15-28)17-30-32/h4-5,13,16-19,33H,6-12,14H2,1-3H3. The van der Waals surface area contributed by atoms with Crippen LogP contribution in [0, 0.1) is 22.7 Å². The van der Waals surface area contributed by atoms with Crippen LogP contribution in [-0.2, 0) is 4.79 Å². The summed E-state index contributed by atoms with van der Waals surface area (Å²) in [6, 6.07) is 8.06. The molecule has 8 heteroatoms. The van der Waals surface area contributed by atoms with Crippen LogP contribution in [0.25, 0.3) is 16.6 Å². The molecule has 0 amide bonds. The van der Waals surface area contributed by atoms with E-state index in [2.05, 4.69) is 36.8 Å². The van der Waals surface area contributed by atoms with Crippen LogP contribution < -0.4 is 9.64 Å². The topological polar surface area (TPSA) is 104 Å². The van der Waals surface area contributed by atoms with Crippen LogP contribution >= 0.6 is 0 Å². The lowest BCUT2D eigenvalue weighted by Crippen LogP contribution is -2.40. The van der Waals surface area contributed by atoms with Gasteiger partial charge in [-0.25, -0.2) is 9.50 Å². The first-order valence-corrected chi connectivity index (χ1v) is 12.2. The smallest absolute Gasteiger partial charge is 0.138 e. The van der Waals surface area contributed by atoms with E-state index in [1.165, 1.54) is 6.20 Å². The van der Waals surface area contributed by atoms with E-state index < -0.39 is 0 Å². The van der Waals surface area contributed by atoms with Crippen molar-refractivity contribution in [1.29, 1.82) is 5.26 Å². The Balaban J connectivity index is 1.51. The van der Waals surface area contributed by atoms with E-state index >= 15 is 0 Å². The summed E-state index contributed by atoms with van der Waals surface area (Å²) in [5.41, 5.74) is 2.87. The number of hydrogen-bond donors (Lipinski definition) is 1. The highest BCUT2D eigenvalue weighted by atomic mass is 16.5. The van der Waals surface area contributed by atoms with Crippen molar-refractivity contribution in [3.05, 3.63) is 42.4 Å². The van der Waals surface area contributed by atoms with Crippen molar-refractivity contribution < 1.29 is 14.6 Å². The van der Waals surface area contributed by atoms with Crippen LogP contribution in [0.15, 0.2) is 36.8 Å². The number of ketones is 1. The van der Waals surface area contributed by atoms with Crippen LogP contribution in [0.2, 0.25) is 0 Å². The number of aromatic nitrogens is 3. The summed E-state index contributed by atoms with van der Waals surface area (Å²) in [5.74, 6) is 2.23. The molecule has 1 fully saturated rings. The molecule has 1 aliphatic heterocycles. The number of hydrogen-bond acceptors (Lipinski definition) is 7. The average Bonchev–Trinajstić information content (AvgIpc) is 3.25. The lowest BCUT2D eigenvalue weighted by Gasteiger charge is -2.39. The summed E-state index contributed by atoms with van der Waals surface area (Å²) in [6.07, 6.45) is 8.30. The summed E-state index contributed by atoms with van der Waals surface area (Å²) >= 11 is 0. The molecule has 1 aliphatic rings. The molecule has 0 aliphatic carbocycles. The number of aliphatic hydroxyl groups excluding tert-OH is 1. The van der Waals surface area contributed by atoms with Crippen LogP contribution in [0.5, 0.6) is 5.75 Å². The summed E-state index contributed by atoms with van der Waals surface area (Å²) in [6.45, 7) is 8.24. The zero-order chi connectivity index (χ0) is 25.0. The van der Waals surface area contributed by atoms with Crippen LogP contribution in [0.3, 0.4) is 0 Å². The van der Waals surface area contributed by atoms with E-state index in [1.807, 2.05) is 24.4 Å². The van der Waals surface area contributed by atoms with Crippen molar-refractivity contribution >= 4 is 17.1 Å². The maximum atomic E-state index is 12.4. The van der Waals surface area contributed by atoms with Crippen molar-refractivity contribution in [2.45, 2.75) is 46.5 Å². The molecular weight excluding hydrogens is 442 g/mol. The second kappa shape index (κ2) is 10.4. The number of Topliss-reactive ketones (excluding diaryl/α,β-unsaturated/α-hetero) is 1. The minimum Gasteiger partial charge on any atom is -0.490 e. The fourth-order valence-electron chi connectivity index (χ4n) is 4.83. The van der Waals surface area contributed by atoms with Crippen molar-refractivity contribution in [3.8, 4) is 22.9 Å². The van der Waals surface area contributed by atoms with Crippen molar-refractivity contribution in [3.63, 3.8) is 0 Å². The first-order valence-electron chi connectivity index (χ1n) is 12.2. The number of aliphatic hydroxyl groups is 1. The van der Waals surface area contributed by atoms with Gasteiger partial charge in [-0.15, -0.1) is 0 Å². The summed E-state index contributed by atoms with van der Waals surface area (Å²) in [7, 11) is 0. The first-order chi connectivity index (χ1) is 16.8. The number of pyridine rings is 2. The monoisotopic (exact) mass is 475 g/mol. The highest BCUT2D eigenvalue weighted by Crippen LogP contribution is 2.37. The molecule has 4 rings (SSSR count). The molecular formula is C27H33N5O3. The predicted octanol–water partition coefficient (Wildman–Crippen LogP) is 4.25. The molecule has 0 radical (unpaired) electrons. The number of ether oxygens (including phenoxy) is 1. The predicted molar refractivity (Wildman–Crippen MR) is 134 cm³/mol. The molecule has 0 unspecified atom stereocenters. The number of carbonyl (C=O) groups is 1. The Morgan fingerprint density at radius 2 is 2.06 bits per heavy atom. The summed E-state index contributed by atoms with van der Waals surface area (Å²) in [4.78, 5) is 19.4. The molecule has 0 bridgehead atoms. The van der Waals surface area contributed by atoms with Gasteiger partial charge in [0.05, 0.1) is 30.1 Å². The van der Waals surface area contributed by atoms with Gasteiger partial charge in [0.15, 0.2) is 0 Å². The highest BCUT2D eigenvalue weighted by Gasteiger charge is 2.32. The Morgan fingerprint density at radius 1 is 1.29 bits per heavy atom. The van der Waals surface area contributed by atoms with Gasteiger partial charge in [-0.05, 0) is 42.4 Å². The Morgan fingerprint density at radius 3 is 2.69 bits per heavy atom. The molecule has 3 aromatic heterocycles.